The molecule has 0 N–H and O–H groups in total. The highest BCUT2D eigenvalue weighted by molar-refractivity contribution is 7.98. The summed E-state index contributed by atoms with van der Waals surface area (Å²) in [6.07, 6.45) is 0.940. The van der Waals surface area contributed by atoms with E-state index in [9.17, 15) is 8.78 Å². The van der Waals surface area contributed by atoms with Gasteiger partial charge in [0.1, 0.15) is 0 Å². The smallest absolute Gasteiger partial charge is 0.159 e. The number of hydrogen-bond acceptors (Lipinski definition) is 1. The third-order valence-corrected chi connectivity index (χ3v) is 3.06. The van der Waals surface area contributed by atoms with E-state index in [1.807, 2.05) is 0 Å². The Balaban J connectivity index is 2.39. The Bertz CT molecular complexity index is 291. The molecule has 4 heteroatoms. The van der Waals surface area contributed by atoms with Gasteiger partial charge in [-0.05, 0) is 29.9 Å². The molecule has 0 amide bonds. The van der Waals surface area contributed by atoms with Crippen LogP contribution in [-0.4, -0.2) is 11.6 Å². The molecule has 0 fully saturated rings. The van der Waals surface area contributed by atoms with Gasteiger partial charge in [-0.2, -0.15) is 11.8 Å². The van der Waals surface area contributed by atoms with Crippen molar-refractivity contribution >= 4 is 23.4 Å². The van der Waals surface area contributed by atoms with Gasteiger partial charge in [-0.3, -0.25) is 0 Å². The van der Waals surface area contributed by atoms with Gasteiger partial charge in [0.05, 0.1) is 0 Å². The normalized spacial score (nSPS) is 10.5. The van der Waals surface area contributed by atoms with Crippen molar-refractivity contribution in [2.75, 3.05) is 11.6 Å². The Hall–Kier alpha value is -0.280. The molecule has 0 nitrogen and oxygen atoms in total. The first kappa shape index (κ1) is 11.8. The number of rotatable bonds is 5. The van der Waals surface area contributed by atoms with Crippen molar-refractivity contribution in [3.8, 4) is 0 Å². The Morgan fingerprint density at radius 3 is 2.64 bits per heavy atom. The standard InChI is InChI=1S/C10H11ClF2S/c11-4-1-5-14-7-8-2-3-9(12)10(13)6-8/h2-3,6H,1,4-5,7H2. The molecule has 0 atom stereocenters. The molecule has 14 heavy (non-hydrogen) atoms. The zero-order valence-electron chi connectivity index (χ0n) is 7.60. The average Bonchev–Trinajstić information content (AvgIpc) is 2.18. The molecule has 0 radical (unpaired) electrons. The third kappa shape index (κ3) is 3.84. The summed E-state index contributed by atoms with van der Waals surface area (Å²) in [5.41, 5.74) is 0.809. The first-order chi connectivity index (χ1) is 6.74. The van der Waals surface area contributed by atoms with Crippen molar-refractivity contribution in [1.29, 1.82) is 0 Å². The van der Waals surface area contributed by atoms with Crippen molar-refractivity contribution in [2.24, 2.45) is 0 Å². The third-order valence-electron chi connectivity index (χ3n) is 1.68. The predicted octanol–water partition coefficient (Wildman–Crippen LogP) is 3.83. The van der Waals surface area contributed by atoms with Crippen LogP contribution in [0.2, 0.25) is 0 Å². The Labute approximate surface area is 91.6 Å². The summed E-state index contributed by atoms with van der Waals surface area (Å²) >= 11 is 7.18. The maximum atomic E-state index is 12.7. The minimum Gasteiger partial charge on any atom is -0.204 e. The van der Waals surface area contributed by atoms with Gasteiger partial charge in [-0.1, -0.05) is 6.07 Å². The summed E-state index contributed by atoms with van der Waals surface area (Å²) in [7, 11) is 0. The van der Waals surface area contributed by atoms with Crippen LogP contribution < -0.4 is 0 Å². The lowest BCUT2D eigenvalue weighted by Gasteiger charge is -2.01. The lowest BCUT2D eigenvalue weighted by Crippen LogP contribution is -1.88. The number of alkyl halides is 1. The number of halogens is 3. The van der Waals surface area contributed by atoms with Crippen molar-refractivity contribution < 1.29 is 8.78 Å². The first-order valence-corrected chi connectivity index (χ1v) is 6.00. The summed E-state index contributed by atoms with van der Waals surface area (Å²) in [4.78, 5) is 0. The van der Waals surface area contributed by atoms with Crippen molar-refractivity contribution in [3.05, 3.63) is 35.4 Å². The highest BCUT2D eigenvalue weighted by Gasteiger charge is 2.01. The van der Waals surface area contributed by atoms with E-state index in [4.69, 9.17) is 11.6 Å². The summed E-state index contributed by atoms with van der Waals surface area (Å²) in [5.74, 6) is 0.724. The molecule has 0 unspecified atom stereocenters. The van der Waals surface area contributed by atoms with E-state index in [1.54, 1.807) is 17.8 Å². The molecule has 0 aliphatic rings. The van der Waals surface area contributed by atoms with Crippen LogP contribution in [0.5, 0.6) is 0 Å². The van der Waals surface area contributed by atoms with Crippen molar-refractivity contribution in [3.63, 3.8) is 0 Å². The second-order valence-corrected chi connectivity index (χ2v) is 4.33. The van der Waals surface area contributed by atoms with E-state index < -0.39 is 11.6 Å². The molecule has 0 saturated carbocycles. The fourth-order valence-corrected chi connectivity index (χ4v) is 2.18. The lowest BCUT2D eigenvalue weighted by atomic mass is 10.2. The second kappa shape index (κ2) is 6.25. The van der Waals surface area contributed by atoms with E-state index in [1.165, 1.54) is 6.07 Å². The topological polar surface area (TPSA) is 0 Å². The van der Waals surface area contributed by atoms with Gasteiger partial charge in [0.2, 0.25) is 0 Å². The van der Waals surface area contributed by atoms with Gasteiger partial charge >= 0.3 is 0 Å². The molecule has 0 spiro atoms. The summed E-state index contributed by atoms with van der Waals surface area (Å²) in [6.45, 7) is 0. The minimum absolute atomic E-state index is 0.644. The van der Waals surface area contributed by atoms with E-state index in [0.717, 1.165) is 23.8 Å². The maximum absolute atomic E-state index is 12.7. The predicted molar refractivity (Wildman–Crippen MR) is 57.9 cm³/mol. The van der Waals surface area contributed by atoms with Gasteiger partial charge in [0.15, 0.2) is 11.6 Å². The molecule has 0 aromatic heterocycles. The fourth-order valence-electron chi connectivity index (χ4n) is 0.976. The zero-order valence-corrected chi connectivity index (χ0v) is 9.18. The van der Waals surface area contributed by atoms with E-state index >= 15 is 0 Å². The quantitative estimate of drug-likeness (QED) is 0.553. The van der Waals surface area contributed by atoms with Crippen molar-refractivity contribution in [2.45, 2.75) is 12.2 Å². The van der Waals surface area contributed by atoms with E-state index in [-0.39, 0.29) is 0 Å². The maximum Gasteiger partial charge on any atom is 0.159 e. The van der Waals surface area contributed by atoms with Gasteiger partial charge in [0.25, 0.3) is 0 Å². The number of benzene rings is 1. The molecule has 0 aliphatic carbocycles. The highest BCUT2D eigenvalue weighted by atomic mass is 35.5. The molecule has 78 valence electrons. The summed E-state index contributed by atoms with van der Waals surface area (Å²) in [6, 6.07) is 4.00. The zero-order chi connectivity index (χ0) is 10.4. The second-order valence-electron chi connectivity index (χ2n) is 2.84. The lowest BCUT2D eigenvalue weighted by molar-refractivity contribution is 0.507. The molecule has 0 bridgehead atoms. The molecule has 0 aliphatic heterocycles. The number of hydrogen-bond donors (Lipinski definition) is 0. The molecule has 1 rings (SSSR count). The van der Waals surface area contributed by atoms with Gasteiger partial charge in [-0.25, -0.2) is 8.78 Å². The van der Waals surface area contributed by atoms with Crippen LogP contribution in [0.25, 0.3) is 0 Å². The molecule has 0 heterocycles. The van der Waals surface area contributed by atoms with E-state index in [0.29, 0.717) is 11.6 Å². The molecule has 0 saturated heterocycles. The van der Waals surface area contributed by atoms with Gasteiger partial charge < -0.3 is 0 Å². The van der Waals surface area contributed by atoms with Crippen LogP contribution in [0, 0.1) is 11.6 Å². The minimum atomic E-state index is -0.792. The molecular weight excluding hydrogens is 226 g/mol. The van der Waals surface area contributed by atoms with Crippen LogP contribution in [0.1, 0.15) is 12.0 Å². The van der Waals surface area contributed by atoms with Crippen LogP contribution in [0.4, 0.5) is 8.78 Å². The Kier molecular flexibility index (Phi) is 5.26. The van der Waals surface area contributed by atoms with Crippen molar-refractivity contribution in [1.82, 2.24) is 0 Å². The van der Waals surface area contributed by atoms with Crippen LogP contribution in [0.15, 0.2) is 18.2 Å². The van der Waals surface area contributed by atoms with E-state index in [2.05, 4.69) is 0 Å². The monoisotopic (exact) mass is 236 g/mol. The van der Waals surface area contributed by atoms with Gasteiger partial charge in [0, 0.05) is 11.6 Å². The van der Waals surface area contributed by atoms with Gasteiger partial charge in [-0.15, -0.1) is 11.6 Å². The summed E-state index contributed by atoms with van der Waals surface area (Å²) < 4.78 is 25.3. The molecular formula is C10H11ClF2S. The van der Waals surface area contributed by atoms with Crippen LogP contribution >= 0.6 is 23.4 Å². The highest BCUT2D eigenvalue weighted by Crippen LogP contribution is 2.15. The fraction of sp³-hybridized carbons (Fsp3) is 0.400. The molecule has 1 aromatic rings. The SMILES string of the molecule is Fc1ccc(CSCCCCl)cc1F. The summed E-state index contributed by atoms with van der Waals surface area (Å²) in [5, 5.41) is 0. The molecule has 1 aromatic carbocycles. The Morgan fingerprint density at radius 1 is 1.21 bits per heavy atom. The largest absolute Gasteiger partial charge is 0.204 e. The van der Waals surface area contributed by atoms with Crippen LogP contribution in [0.3, 0.4) is 0 Å². The first-order valence-electron chi connectivity index (χ1n) is 4.31. The number of thioether (sulfide) groups is 1. The average molecular weight is 237 g/mol. The Morgan fingerprint density at radius 2 is 2.00 bits per heavy atom. The van der Waals surface area contributed by atoms with Crippen LogP contribution in [-0.2, 0) is 5.75 Å².